The molecule has 216 valence electrons. The van der Waals surface area contributed by atoms with E-state index in [9.17, 15) is 0 Å². The predicted molar refractivity (Wildman–Crippen MR) is 191 cm³/mol. The van der Waals surface area contributed by atoms with Gasteiger partial charge in [0.2, 0.25) is 0 Å². The summed E-state index contributed by atoms with van der Waals surface area (Å²) in [5.74, 6) is 0.691. The Hall–Kier alpha value is -5.91. The van der Waals surface area contributed by atoms with Gasteiger partial charge >= 0.3 is 0 Å². The van der Waals surface area contributed by atoms with E-state index in [0.29, 0.717) is 5.82 Å². The number of aromatic nitrogens is 4. The van der Waals surface area contributed by atoms with Gasteiger partial charge in [0.05, 0.1) is 17.1 Å². The van der Waals surface area contributed by atoms with Gasteiger partial charge in [0.25, 0.3) is 0 Å². The summed E-state index contributed by atoms with van der Waals surface area (Å²) in [4.78, 5) is 14.9. The van der Waals surface area contributed by atoms with Crippen molar-refractivity contribution in [3.63, 3.8) is 0 Å². The molecule has 0 unspecified atom stereocenters. The Morgan fingerprint density at radius 3 is 1.80 bits per heavy atom. The molecular weight excluding hydrogens is 581 g/mol. The molecule has 0 spiro atoms. The van der Waals surface area contributed by atoms with Gasteiger partial charge in [-0.2, -0.15) is 0 Å². The molecule has 0 aliphatic rings. The van der Waals surface area contributed by atoms with Crippen LogP contribution in [0.25, 0.3) is 82.1 Å². The molecule has 0 saturated carbocycles. The van der Waals surface area contributed by atoms with E-state index in [1.807, 2.05) is 58.3 Å². The summed E-state index contributed by atoms with van der Waals surface area (Å²) in [6.07, 6.45) is 4.07. The molecule has 9 aromatic rings. The minimum absolute atomic E-state index is 0.691. The summed E-state index contributed by atoms with van der Waals surface area (Å²) in [5.41, 5.74) is 10.1. The van der Waals surface area contributed by atoms with E-state index in [-0.39, 0.29) is 0 Å². The van der Waals surface area contributed by atoms with E-state index in [1.54, 1.807) is 0 Å². The van der Waals surface area contributed by atoms with Crippen LogP contribution in [0.2, 0.25) is 0 Å². The summed E-state index contributed by atoms with van der Waals surface area (Å²) < 4.78 is 4.67. The number of thiophene rings is 1. The van der Waals surface area contributed by atoms with Gasteiger partial charge in [-0.3, -0.25) is 0 Å². The van der Waals surface area contributed by atoms with E-state index in [4.69, 9.17) is 15.0 Å². The van der Waals surface area contributed by atoms with Crippen LogP contribution in [0.5, 0.6) is 0 Å². The first kappa shape index (κ1) is 26.5. The molecule has 0 aliphatic heterocycles. The molecule has 0 amide bonds. The molecular formula is C41H26N4S. The van der Waals surface area contributed by atoms with Crippen LogP contribution >= 0.6 is 11.3 Å². The van der Waals surface area contributed by atoms with Crippen LogP contribution in [0.3, 0.4) is 0 Å². The third-order valence-corrected chi connectivity index (χ3v) is 9.64. The fourth-order valence-electron chi connectivity index (χ4n) is 6.08. The highest BCUT2D eigenvalue weighted by Crippen LogP contribution is 2.37. The summed E-state index contributed by atoms with van der Waals surface area (Å²) in [6, 6.07) is 50.9. The van der Waals surface area contributed by atoms with E-state index < -0.39 is 0 Å². The summed E-state index contributed by atoms with van der Waals surface area (Å²) in [7, 11) is 0. The standard InChI is InChI=1S/C41H26N4S/c1-2-8-28(9-3-1)35-25-36(44-41(43-35)31-19-17-30(18-20-31)37-26-45-23-7-6-12-40(45)42-37)29-15-13-27(14-16-29)32-21-22-39-34(24-32)33-10-4-5-11-38(33)46-39/h1-26H. The Balaban J connectivity index is 1.08. The molecule has 0 fully saturated rings. The Kier molecular flexibility index (Phi) is 6.28. The van der Waals surface area contributed by atoms with Crippen LogP contribution in [-0.4, -0.2) is 19.4 Å². The Morgan fingerprint density at radius 2 is 1.02 bits per heavy atom. The van der Waals surface area contributed by atoms with Gasteiger partial charge < -0.3 is 4.40 Å². The lowest BCUT2D eigenvalue weighted by Gasteiger charge is -2.10. The minimum Gasteiger partial charge on any atom is -0.306 e. The monoisotopic (exact) mass is 606 g/mol. The molecule has 0 aliphatic carbocycles. The van der Waals surface area contributed by atoms with Crippen molar-refractivity contribution < 1.29 is 0 Å². The number of pyridine rings is 1. The number of hydrogen-bond acceptors (Lipinski definition) is 4. The summed E-state index contributed by atoms with van der Waals surface area (Å²) in [5, 5.41) is 2.62. The fourth-order valence-corrected chi connectivity index (χ4v) is 7.17. The molecule has 46 heavy (non-hydrogen) atoms. The molecule has 0 bridgehead atoms. The molecule has 9 rings (SSSR count). The zero-order chi connectivity index (χ0) is 30.5. The van der Waals surface area contributed by atoms with Crippen LogP contribution in [0, 0.1) is 0 Å². The smallest absolute Gasteiger partial charge is 0.160 e. The van der Waals surface area contributed by atoms with E-state index in [1.165, 1.54) is 31.3 Å². The van der Waals surface area contributed by atoms with Crippen molar-refractivity contribution in [2.24, 2.45) is 0 Å². The van der Waals surface area contributed by atoms with Crippen LogP contribution in [0.1, 0.15) is 0 Å². The van der Waals surface area contributed by atoms with E-state index in [0.717, 1.165) is 45.0 Å². The van der Waals surface area contributed by atoms with Crippen molar-refractivity contribution in [1.29, 1.82) is 0 Å². The van der Waals surface area contributed by atoms with Gasteiger partial charge in [0.15, 0.2) is 5.82 Å². The fraction of sp³-hybridized carbons (Fsp3) is 0. The molecule has 5 heteroatoms. The minimum atomic E-state index is 0.691. The van der Waals surface area contributed by atoms with Gasteiger partial charge in [-0.15, -0.1) is 11.3 Å². The first-order chi connectivity index (χ1) is 22.7. The number of nitrogens with zero attached hydrogens (tertiary/aromatic N) is 4. The van der Waals surface area contributed by atoms with E-state index >= 15 is 0 Å². The third-order valence-electron chi connectivity index (χ3n) is 8.49. The molecule has 5 aromatic carbocycles. The first-order valence-corrected chi connectivity index (χ1v) is 16.1. The maximum Gasteiger partial charge on any atom is 0.160 e. The average molecular weight is 607 g/mol. The molecule has 0 atom stereocenters. The lowest BCUT2D eigenvalue weighted by molar-refractivity contribution is 1.18. The lowest BCUT2D eigenvalue weighted by atomic mass is 10.00. The van der Waals surface area contributed by atoms with Crippen molar-refractivity contribution in [1.82, 2.24) is 19.4 Å². The first-order valence-electron chi connectivity index (χ1n) is 15.3. The largest absolute Gasteiger partial charge is 0.306 e. The second-order valence-corrected chi connectivity index (χ2v) is 12.5. The SMILES string of the molecule is c1ccc(-c2cc(-c3ccc(-c4ccc5sc6ccccc6c5c4)cc3)nc(-c3ccc(-c4cn5ccccc5n4)cc3)n2)cc1. The number of fused-ring (bicyclic) bond motifs is 4. The Bertz CT molecular complexity index is 2480. The van der Waals surface area contributed by atoms with Crippen LogP contribution in [0.15, 0.2) is 158 Å². The van der Waals surface area contributed by atoms with Crippen molar-refractivity contribution in [3.8, 4) is 56.3 Å². The second kappa shape index (κ2) is 10.9. The maximum atomic E-state index is 5.08. The van der Waals surface area contributed by atoms with Gasteiger partial charge in [0, 0.05) is 54.8 Å². The number of benzene rings is 5. The molecule has 0 N–H and O–H groups in total. The van der Waals surface area contributed by atoms with Gasteiger partial charge in [-0.05, 0) is 47.5 Å². The molecule has 4 heterocycles. The second-order valence-electron chi connectivity index (χ2n) is 11.4. The number of hydrogen-bond donors (Lipinski definition) is 0. The highest BCUT2D eigenvalue weighted by atomic mass is 32.1. The summed E-state index contributed by atoms with van der Waals surface area (Å²) >= 11 is 1.85. The predicted octanol–water partition coefficient (Wildman–Crippen LogP) is 10.8. The van der Waals surface area contributed by atoms with Gasteiger partial charge in [0.1, 0.15) is 5.65 Å². The van der Waals surface area contributed by atoms with Crippen molar-refractivity contribution >= 4 is 37.2 Å². The maximum absolute atomic E-state index is 5.08. The number of imidazole rings is 1. The highest BCUT2D eigenvalue weighted by molar-refractivity contribution is 7.25. The van der Waals surface area contributed by atoms with Gasteiger partial charge in [-0.25, -0.2) is 15.0 Å². The topological polar surface area (TPSA) is 43.1 Å². The zero-order valence-electron chi connectivity index (χ0n) is 24.7. The third kappa shape index (κ3) is 4.74. The molecule has 4 nitrogen and oxygen atoms in total. The van der Waals surface area contributed by atoms with E-state index in [2.05, 4.69) is 115 Å². The Morgan fingerprint density at radius 1 is 0.413 bits per heavy atom. The summed E-state index contributed by atoms with van der Waals surface area (Å²) in [6.45, 7) is 0. The molecule has 4 aromatic heterocycles. The van der Waals surface area contributed by atoms with Gasteiger partial charge in [-0.1, -0.05) is 109 Å². The van der Waals surface area contributed by atoms with Crippen LogP contribution in [-0.2, 0) is 0 Å². The van der Waals surface area contributed by atoms with Crippen molar-refractivity contribution in [2.75, 3.05) is 0 Å². The zero-order valence-corrected chi connectivity index (χ0v) is 25.5. The molecule has 0 saturated heterocycles. The van der Waals surface area contributed by atoms with Crippen molar-refractivity contribution in [3.05, 3.63) is 158 Å². The normalized spacial score (nSPS) is 11.5. The average Bonchev–Trinajstić information content (AvgIpc) is 3.74. The van der Waals surface area contributed by atoms with Crippen LogP contribution < -0.4 is 0 Å². The Labute approximate surface area is 269 Å². The lowest BCUT2D eigenvalue weighted by Crippen LogP contribution is -1.96. The van der Waals surface area contributed by atoms with Crippen LogP contribution in [0.4, 0.5) is 0 Å². The quantitative estimate of drug-likeness (QED) is 0.196. The highest BCUT2D eigenvalue weighted by Gasteiger charge is 2.13. The number of rotatable bonds is 5. The van der Waals surface area contributed by atoms with Crippen molar-refractivity contribution in [2.45, 2.75) is 0 Å². The molecule has 0 radical (unpaired) electrons.